The van der Waals surface area contributed by atoms with E-state index in [0.717, 1.165) is 24.3 Å². The van der Waals surface area contributed by atoms with E-state index >= 15 is 0 Å². The van der Waals surface area contributed by atoms with Crippen LogP contribution in [0.3, 0.4) is 0 Å². The smallest absolute Gasteiger partial charge is 0.239 e. The highest BCUT2D eigenvalue weighted by molar-refractivity contribution is 5.82. The fourth-order valence-electron chi connectivity index (χ4n) is 3.04. The number of nitrogens with zero attached hydrogens (tertiary/aromatic N) is 1. The summed E-state index contributed by atoms with van der Waals surface area (Å²) in [6, 6.07) is 6.69. The van der Waals surface area contributed by atoms with Crippen LogP contribution in [0.1, 0.15) is 38.2 Å². The molecule has 0 radical (unpaired) electrons. The lowest BCUT2D eigenvalue weighted by Crippen LogP contribution is -2.48. The molecule has 0 spiro atoms. The number of likely N-dealkylation sites (N-methyl/N-ethyl adjacent to an activating group) is 1. The quantitative estimate of drug-likeness (QED) is 0.894. The first-order valence-electron chi connectivity index (χ1n) is 7.77. The number of carbonyl (C=O) groups excluding carboxylic acids is 1. The number of amides is 1. The maximum Gasteiger partial charge on any atom is 0.239 e. The van der Waals surface area contributed by atoms with Crippen LogP contribution < -0.4 is 5.73 Å². The number of hydrogen-bond donors (Lipinski definition) is 2. The zero-order chi connectivity index (χ0) is 15.4. The predicted octanol–water partition coefficient (Wildman–Crippen LogP) is 2.30. The average Bonchev–Trinajstić information content (AvgIpc) is 2.49. The summed E-state index contributed by atoms with van der Waals surface area (Å²) in [6.45, 7) is 2.27. The molecule has 21 heavy (non-hydrogen) atoms. The van der Waals surface area contributed by atoms with E-state index in [9.17, 15) is 9.90 Å². The Bertz CT molecular complexity index is 464. The van der Waals surface area contributed by atoms with Gasteiger partial charge in [0, 0.05) is 13.1 Å². The Labute approximate surface area is 126 Å². The van der Waals surface area contributed by atoms with Gasteiger partial charge in [0.05, 0.1) is 6.04 Å². The van der Waals surface area contributed by atoms with Crippen molar-refractivity contribution in [3.63, 3.8) is 0 Å². The lowest BCUT2D eigenvalue weighted by Gasteiger charge is -2.35. The molecule has 0 saturated heterocycles. The lowest BCUT2D eigenvalue weighted by atomic mass is 9.86. The molecule has 4 heteroatoms. The predicted molar refractivity (Wildman–Crippen MR) is 84.0 cm³/mol. The molecule has 2 rings (SSSR count). The zero-order valence-electron chi connectivity index (χ0n) is 13.0. The van der Waals surface area contributed by atoms with Crippen molar-refractivity contribution in [1.82, 2.24) is 4.90 Å². The Morgan fingerprint density at radius 3 is 2.43 bits per heavy atom. The van der Waals surface area contributed by atoms with Crippen LogP contribution >= 0.6 is 0 Å². The van der Waals surface area contributed by atoms with Gasteiger partial charge in [0.15, 0.2) is 0 Å². The molecule has 0 bridgehead atoms. The molecule has 1 aromatic rings. The van der Waals surface area contributed by atoms with E-state index < -0.39 is 6.04 Å². The van der Waals surface area contributed by atoms with E-state index in [2.05, 4.69) is 6.92 Å². The van der Waals surface area contributed by atoms with E-state index in [4.69, 9.17) is 5.73 Å². The maximum atomic E-state index is 12.4. The molecule has 3 N–H and O–H groups in total. The second kappa shape index (κ2) is 6.94. The molecule has 1 fully saturated rings. The number of carbonyl (C=O) groups is 1. The van der Waals surface area contributed by atoms with Crippen molar-refractivity contribution in [1.29, 1.82) is 0 Å². The lowest BCUT2D eigenvalue weighted by molar-refractivity contribution is -0.134. The van der Waals surface area contributed by atoms with Crippen LogP contribution in [0.25, 0.3) is 0 Å². The second-order valence-electron chi connectivity index (χ2n) is 6.34. The summed E-state index contributed by atoms with van der Waals surface area (Å²) in [5, 5.41) is 9.27. The standard InChI is InChI=1S/C17H26N2O2/c1-12-3-7-14(8-4-12)19(2)17(21)16(18)11-13-5-9-15(20)10-6-13/h5-6,9-10,12,14,16,20H,3-4,7-8,11,18H2,1-2H3/t12?,14?,16-/m0/s1. The maximum absolute atomic E-state index is 12.4. The molecular weight excluding hydrogens is 264 g/mol. The minimum Gasteiger partial charge on any atom is -0.508 e. The first-order valence-corrected chi connectivity index (χ1v) is 7.77. The van der Waals surface area contributed by atoms with Gasteiger partial charge in [-0.3, -0.25) is 4.79 Å². The fourth-order valence-corrected chi connectivity index (χ4v) is 3.04. The van der Waals surface area contributed by atoms with Gasteiger partial charge in [-0.1, -0.05) is 19.1 Å². The molecule has 0 heterocycles. The molecule has 0 aromatic heterocycles. The third-order valence-corrected chi connectivity index (χ3v) is 4.59. The third-order valence-electron chi connectivity index (χ3n) is 4.59. The first kappa shape index (κ1) is 15.8. The summed E-state index contributed by atoms with van der Waals surface area (Å²) in [4.78, 5) is 14.3. The van der Waals surface area contributed by atoms with Crippen LogP contribution in [0.5, 0.6) is 5.75 Å². The number of hydrogen-bond acceptors (Lipinski definition) is 3. The first-order chi connectivity index (χ1) is 9.97. The topological polar surface area (TPSA) is 66.6 Å². The summed E-state index contributed by atoms with van der Waals surface area (Å²) in [5.41, 5.74) is 7.04. The molecule has 1 aromatic carbocycles. The molecule has 0 unspecified atom stereocenters. The van der Waals surface area contributed by atoms with Crippen molar-refractivity contribution in [2.24, 2.45) is 11.7 Å². The number of aromatic hydroxyl groups is 1. The number of nitrogens with two attached hydrogens (primary N) is 1. The molecule has 1 amide bonds. The number of phenolic OH excluding ortho intramolecular Hbond substituents is 1. The van der Waals surface area contributed by atoms with Gasteiger partial charge in [-0.15, -0.1) is 0 Å². The van der Waals surface area contributed by atoms with E-state index in [1.54, 1.807) is 12.1 Å². The van der Waals surface area contributed by atoms with Crippen molar-refractivity contribution in [2.75, 3.05) is 7.05 Å². The normalized spacial score (nSPS) is 23.6. The van der Waals surface area contributed by atoms with Crippen molar-refractivity contribution in [3.8, 4) is 5.75 Å². The minimum atomic E-state index is -0.515. The van der Waals surface area contributed by atoms with E-state index in [1.807, 2.05) is 24.1 Å². The van der Waals surface area contributed by atoms with Gasteiger partial charge in [0.25, 0.3) is 0 Å². The molecule has 4 nitrogen and oxygen atoms in total. The van der Waals surface area contributed by atoms with Crippen LogP contribution in [-0.4, -0.2) is 35.0 Å². The zero-order valence-corrected chi connectivity index (χ0v) is 13.0. The van der Waals surface area contributed by atoms with Crippen molar-refractivity contribution < 1.29 is 9.90 Å². The van der Waals surface area contributed by atoms with Gasteiger partial charge < -0.3 is 15.7 Å². The average molecular weight is 290 g/mol. The van der Waals surface area contributed by atoms with Gasteiger partial charge in [-0.05, 0) is 55.7 Å². The molecule has 0 aliphatic heterocycles. The summed E-state index contributed by atoms with van der Waals surface area (Å²) in [7, 11) is 1.87. The molecule has 1 aliphatic carbocycles. The Kier molecular flexibility index (Phi) is 5.23. The summed E-state index contributed by atoms with van der Waals surface area (Å²) < 4.78 is 0. The van der Waals surface area contributed by atoms with Crippen LogP contribution in [0.4, 0.5) is 0 Å². The summed E-state index contributed by atoms with van der Waals surface area (Å²) in [6.07, 6.45) is 5.04. The number of benzene rings is 1. The Hall–Kier alpha value is -1.55. The second-order valence-corrected chi connectivity index (χ2v) is 6.34. The van der Waals surface area contributed by atoms with Crippen LogP contribution in [0.15, 0.2) is 24.3 Å². The number of phenols is 1. The van der Waals surface area contributed by atoms with Crippen LogP contribution in [0.2, 0.25) is 0 Å². The van der Waals surface area contributed by atoms with Crippen molar-refractivity contribution in [2.45, 2.75) is 51.1 Å². The molecule has 116 valence electrons. The largest absolute Gasteiger partial charge is 0.508 e. The van der Waals surface area contributed by atoms with Gasteiger partial charge in [0.1, 0.15) is 5.75 Å². The third kappa shape index (κ3) is 4.21. The van der Waals surface area contributed by atoms with Crippen molar-refractivity contribution in [3.05, 3.63) is 29.8 Å². The highest BCUT2D eigenvalue weighted by atomic mass is 16.3. The van der Waals surface area contributed by atoms with E-state index in [0.29, 0.717) is 12.5 Å². The highest BCUT2D eigenvalue weighted by Gasteiger charge is 2.27. The fraction of sp³-hybridized carbons (Fsp3) is 0.588. The molecule has 1 atom stereocenters. The van der Waals surface area contributed by atoms with Crippen molar-refractivity contribution >= 4 is 5.91 Å². The van der Waals surface area contributed by atoms with Gasteiger partial charge in [-0.2, -0.15) is 0 Å². The van der Waals surface area contributed by atoms with Gasteiger partial charge in [-0.25, -0.2) is 0 Å². The number of rotatable bonds is 4. The van der Waals surface area contributed by atoms with Gasteiger partial charge >= 0.3 is 0 Å². The monoisotopic (exact) mass is 290 g/mol. The molecule has 1 aliphatic rings. The summed E-state index contributed by atoms with van der Waals surface area (Å²) in [5.74, 6) is 1.02. The Morgan fingerprint density at radius 1 is 1.29 bits per heavy atom. The Morgan fingerprint density at radius 2 is 1.86 bits per heavy atom. The Balaban J connectivity index is 1.90. The molecule has 1 saturated carbocycles. The SMILES string of the molecule is CC1CCC(N(C)C(=O)[C@@H](N)Cc2ccc(O)cc2)CC1. The van der Waals surface area contributed by atoms with E-state index in [-0.39, 0.29) is 11.7 Å². The molecular formula is C17H26N2O2. The van der Waals surface area contributed by atoms with Crippen LogP contribution in [0, 0.1) is 5.92 Å². The summed E-state index contributed by atoms with van der Waals surface area (Å²) >= 11 is 0. The van der Waals surface area contributed by atoms with E-state index in [1.165, 1.54) is 12.8 Å². The van der Waals surface area contributed by atoms with Gasteiger partial charge in [0.2, 0.25) is 5.91 Å². The highest BCUT2D eigenvalue weighted by Crippen LogP contribution is 2.26. The minimum absolute atomic E-state index is 0.0163. The van der Waals surface area contributed by atoms with Crippen LogP contribution in [-0.2, 0) is 11.2 Å².